The van der Waals surface area contributed by atoms with Crippen LogP contribution in [0.4, 0.5) is 5.69 Å². The van der Waals surface area contributed by atoms with E-state index in [9.17, 15) is 4.79 Å². The quantitative estimate of drug-likeness (QED) is 0.818. The highest BCUT2D eigenvalue weighted by Gasteiger charge is 2.29. The van der Waals surface area contributed by atoms with Crippen molar-refractivity contribution in [3.8, 4) is 0 Å². The Labute approximate surface area is 96.2 Å². The molecular weight excluding hydrogens is 200 g/mol. The van der Waals surface area contributed by atoms with E-state index in [0.717, 1.165) is 18.7 Å². The van der Waals surface area contributed by atoms with Gasteiger partial charge in [0.25, 0.3) is 0 Å². The van der Waals surface area contributed by atoms with E-state index < -0.39 is 6.04 Å². The maximum Gasteiger partial charge on any atom is 0.244 e. The molecule has 0 aromatic heterocycles. The molecule has 3 heteroatoms. The largest absolute Gasteiger partial charge is 0.320 e. The molecule has 86 valence electrons. The first-order chi connectivity index (χ1) is 7.61. The Morgan fingerprint density at radius 3 is 2.75 bits per heavy atom. The second-order valence-electron chi connectivity index (χ2n) is 4.64. The molecule has 0 saturated heterocycles. The minimum atomic E-state index is -0.397. The molecule has 1 amide bonds. The van der Waals surface area contributed by atoms with Crippen molar-refractivity contribution in [3.63, 3.8) is 0 Å². The van der Waals surface area contributed by atoms with E-state index in [0.29, 0.717) is 0 Å². The summed E-state index contributed by atoms with van der Waals surface area (Å²) in [6.07, 6.45) is 0.937. The van der Waals surface area contributed by atoms with E-state index in [1.165, 1.54) is 5.56 Å². The van der Waals surface area contributed by atoms with Crippen LogP contribution in [-0.2, 0) is 11.2 Å². The molecular formula is C13H18N2O. The SMILES string of the molecule is CC(C)[C@H](N)C(=O)N1CCc2ccccc21. The maximum atomic E-state index is 12.2. The Hall–Kier alpha value is -1.35. The molecule has 1 aliphatic heterocycles. The predicted molar refractivity (Wildman–Crippen MR) is 65.3 cm³/mol. The van der Waals surface area contributed by atoms with Crippen molar-refractivity contribution in [2.75, 3.05) is 11.4 Å². The molecule has 1 aromatic carbocycles. The first-order valence-corrected chi connectivity index (χ1v) is 5.76. The van der Waals surface area contributed by atoms with Gasteiger partial charge < -0.3 is 10.6 Å². The molecule has 3 nitrogen and oxygen atoms in total. The third-order valence-corrected chi connectivity index (χ3v) is 3.16. The Morgan fingerprint density at radius 1 is 1.38 bits per heavy atom. The van der Waals surface area contributed by atoms with Crippen LogP contribution in [0.3, 0.4) is 0 Å². The number of hydrogen-bond donors (Lipinski definition) is 1. The summed E-state index contributed by atoms with van der Waals surface area (Å²) in [4.78, 5) is 14.0. The molecule has 1 heterocycles. The number of nitrogens with two attached hydrogens (primary N) is 1. The van der Waals surface area contributed by atoms with Crippen LogP contribution in [0, 0.1) is 5.92 Å². The molecule has 1 aromatic rings. The van der Waals surface area contributed by atoms with E-state index in [1.807, 2.05) is 36.9 Å². The summed E-state index contributed by atoms with van der Waals surface area (Å²) in [7, 11) is 0. The lowest BCUT2D eigenvalue weighted by molar-refractivity contribution is -0.120. The first kappa shape index (κ1) is 11.1. The van der Waals surface area contributed by atoms with Gasteiger partial charge in [-0.3, -0.25) is 4.79 Å². The smallest absolute Gasteiger partial charge is 0.244 e. The van der Waals surface area contributed by atoms with Gasteiger partial charge >= 0.3 is 0 Å². The molecule has 0 radical (unpaired) electrons. The third kappa shape index (κ3) is 1.83. The number of benzene rings is 1. The fraction of sp³-hybridized carbons (Fsp3) is 0.462. The molecule has 0 aliphatic carbocycles. The van der Waals surface area contributed by atoms with Crippen LogP contribution < -0.4 is 10.6 Å². The van der Waals surface area contributed by atoms with Gasteiger partial charge in [0, 0.05) is 12.2 Å². The molecule has 0 unspecified atom stereocenters. The minimum Gasteiger partial charge on any atom is -0.320 e. The number of hydrogen-bond acceptors (Lipinski definition) is 2. The lowest BCUT2D eigenvalue weighted by Crippen LogP contribution is -2.46. The van der Waals surface area contributed by atoms with Crippen molar-refractivity contribution in [1.29, 1.82) is 0 Å². The van der Waals surface area contributed by atoms with Gasteiger partial charge in [0.05, 0.1) is 6.04 Å². The molecule has 1 atom stereocenters. The van der Waals surface area contributed by atoms with E-state index in [4.69, 9.17) is 5.73 Å². The second kappa shape index (κ2) is 4.26. The Kier molecular flexibility index (Phi) is 2.97. The van der Waals surface area contributed by atoms with Crippen molar-refractivity contribution in [2.24, 2.45) is 11.7 Å². The fourth-order valence-corrected chi connectivity index (χ4v) is 2.03. The van der Waals surface area contributed by atoms with Crippen LogP contribution in [0.2, 0.25) is 0 Å². The van der Waals surface area contributed by atoms with Crippen LogP contribution >= 0.6 is 0 Å². The number of carbonyl (C=O) groups excluding carboxylic acids is 1. The second-order valence-corrected chi connectivity index (χ2v) is 4.64. The summed E-state index contributed by atoms with van der Waals surface area (Å²) in [5.41, 5.74) is 8.18. The van der Waals surface area contributed by atoms with Crippen molar-refractivity contribution in [3.05, 3.63) is 29.8 Å². The monoisotopic (exact) mass is 218 g/mol. The van der Waals surface area contributed by atoms with Gasteiger partial charge in [0.2, 0.25) is 5.91 Å². The topological polar surface area (TPSA) is 46.3 Å². The molecule has 0 fully saturated rings. The molecule has 2 rings (SSSR count). The van der Waals surface area contributed by atoms with Gasteiger partial charge in [-0.25, -0.2) is 0 Å². The van der Waals surface area contributed by atoms with Crippen LogP contribution in [0.15, 0.2) is 24.3 Å². The van der Waals surface area contributed by atoms with Crippen LogP contribution in [0.5, 0.6) is 0 Å². The van der Waals surface area contributed by atoms with Crippen molar-refractivity contribution < 1.29 is 4.79 Å². The zero-order valence-electron chi connectivity index (χ0n) is 9.81. The van der Waals surface area contributed by atoms with Crippen LogP contribution in [0.1, 0.15) is 19.4 Å². The molecule has 0 saturated carbocycles. The summed E-state index contributed by atoms with van der Waals surface area (Å²) < 4.78 is 0. The van der Waals surface area contributed by atoms with Gasteiger partial charge in [0.1, 0.15) is 0 Å². The number of para-hydroxylation sites is 1. The normalized spacial score (nSPS) is 16.4. The highest BCUT2D eigenvalue weighted by atomic mass is 16.2. The van der Waals surface area contributed by atoms with Gasteiger partial charge in [-0.15, -0.1) is 0 Å². The van der Waals surface area contributed by atoms with Gasteiger partial charge in [-0.1, -0.05) is 32.0 Å². The van der Waals surface area contributed by atoms with Crippen LogP contribution in [-0.4, -0.2) is 18.5 Å². The third-order valence-electron chi connectivity index (χ3n) is 3.16. The average molecular weight is 218 g/mol. The number of fused-ring (bicyclic) bond motifs is 1. The van der Waals surface area contributed by atoms with E-state index in [1.54, 1.807) is 0 Å². The summed E-state index contributed by atoms with van der Waals surface area (Å²) >= 11 is 0. The number of anilines is 1. The average Bonchev–Trinajstić information content (AvgIpc) is 2.70. The number of amides is 1. The molecule has 2 N–H and O–H groups in total. The number of carbonyl (C=O) groups is 1. The summed E-state index contributed by atoms with van der Waals surface area (Å²) in [5, 5.41) is 0. The summed E-state index contributed by atoms with van der Waals surface area (Å²) in [5.74, 6) is 0.222. The Bertz CT molecular complexity index is 401. The lowest BCUT2D eigenvalue weighted by Gasteiger charge is -2.23. The van der Waals surface area contributed by atoms with Gasteiger partial charge in [-0.05, 0) is 24.0 Å². The molecule has 1 aliphatic rings. The summed E-state index contributed by atoms with van der Waals surface area (Å²) in [6.45, 7) is 4.72. The zero-order valence-corrected chi connectivity index (χ0v) is 9.81. The highest BCUT2D eigenvalue weighted by molar-refractivity contribution is 5.98. The zero-order chi connectivity index (χ0) is 11.7. The highest BCUT2D eigenvalue weighted by Crippen LogP contribution is 2.28. The molecule has 0 bridgehead atoms. The minimum absolute atomic E-state index is 0.0416. The van der Waals surface area contributed by atoms with Gasteiger partial charge in [0.15, 0.2) is 0 Å². The number of rotatable bonds is 2. The van der Waals surface area contributed by atoms with Crippen LogP contribution in [0.25, 0.3) is 0 Å². The van der Waals surface area contributed by atoms with E-state index >= 15 is 0 Å². The first-order valence-electron chi connectivity index (χ1n) is 5.76. The van der Waals surface area contributed by atoms with Crippen molar-refractivity contribution in [2.45, 2.75) is 26.3 Å². The Morgan fingerprint density at radius 2 is 2.06 bits per heavy atom. The van der Waals surface area contributed by atoms with E-state index in [2.05, 4.69) is 6.07 Å². The molecule has 0 spiro atoms. The molecule has 16 heavy (non-hydrogen) atoms. The standard InChI is InChI=1S/C13H18N2O/c1-9(2)12(14)13(16)15-8-7-10-5-3-4-6-11(10)15/h3-6,9,12H,7-8,14H2,1-2H3/t12-/m0/s1. The van der Waals surface area contributed by atoms with Crippen molar-refractivity contribution >= 4 is 11.6 Å². The maximum absolute atomic E-state index is 12.2. The van der Waals surface area contributed by atoms with E-state index in [-0.39, 0.29) is 11.8 Å². The lowest BCUT2D eigenvalue weighted by atomic mass is 10.0. The summed E-state index contributed by atoms with van der Waals surface area (Å²) in [6, 6.07) is 7.64. The Balaban J connectivity index is 2.22. The fourth-order valence-electron chi connectivity index (χ4n) is 2.03. The number of nitrogens with zero attached hydrogens (tertiary/aromatic N) is 1. The predicted octanol–water partition coefficient (Wildman–Crippen LogP) is 1.56. The van der Waals surface area contributed by atoms with Crippen molar-refractivity contribution in [1.82, 2.24) is 0 Å². The van der Waals surface area contributed by atoms with Gasteiger partial charge in [-0.2, -0.15) is 0 Å².